The Morgan fingerprint density at radius 1 is 1.08 bits per heavy atom. The largest absolute Gasteiger partial charge is 0.425 e. The summed E-state index contributed by atoms with van der Waals surface area (Å²) in [6.07, 6.45) is 0.185. The monoisotopic (exact) mass is 319 g/mol. The van der Waals surface area contributed by atoms with Gasteiger partial charge in [-0.1, -0.05) is 42.0 Å². The summed E-state index contributed by atoms with van der Waals surface area (Å²) < 4.78 is 7.15. The van der Waals surface area contributed by atoms with Crippen LogP contribution in [0.4, 0.5) is 0 Å². The molecule has 0 unspecified atom stereocenters. The molecule has 0 spiro atoms. The van der Waals surface area contributed by atoms with Crippen molar-refractivity contribution in [2.24, 2.45) is 7.05 Å². The number of carbonyl (C=O) groups is 1. The van der Waals surface area contributed by atoms with E-state index in [1.807, 2.05) is 55.5 Å². The highest BCUT2D eigenvalue weighted by atomic mass is 16.5. The minimum atomic E-state index is -0.299. The number of rotatable bonds is 1. The van der Waals surface area contributed by atoms with E-state index in [9.17, 15) is 9.59 Å². The Morgan fingerprint density at radius 3 is 2.67 bits per heavy atom. The molecule has 0 saturated heterocycles. The van der Waals surface area contributed by atoms with Crippen LogP contribution in [0.5, 0.6) is 5.75 Å². The lowest BCUT2D eigenvalue weighted by atomic mass is 9.85. The molecule has 24 heavy (non-hydrogen) atoms. The summed E-state index contributed by atoms with van der Waals surface area (Å²) in [6.45, 7) is 2.00. The van der Waals surface area contributed by atoms with Gasteiger partial charge in [0.2, 0.25) is 0 Å². The van der Waals surface area contributed by atoms with E-state index in [4.69, 9.17) is 4.74 Å². The van der Waals surface area contributed by atoms with Crippen LogP contribution in [0.2, 0.25) is 0 Å². The number of fused-ring (bicyclic) bond motifs is 3. The molecule has 1 aliphatic rings. The van der Waals surface area contributed by atoms with E-state index in [0.29, 0.717) is 11.3 Å². The van der Waals surface area contributed by atoms with Gasteiger partial charge in [0, 0.05) is 18.4 Å². The van der Waals surface area contributed by atoms with E-state index in [0.717, 1.165) is 22.0 Å². The number of nitrogens with zero attached hydrogens (tertiary/aromatic N) is 1. The summed E-state index contributed by atoms with van der Waals surface area (Å²) in [5.74, 6) is -0.159. The lowest BCUT2D eigenvalue weighted by molar-refractivity contribution is -0.135. The number of para-hydroxylation sites is 1. The average molecular weight is 319 g/mol. The zero-order valence-electron chi connectivity index (χ0n) is 13.6. The molecule has 2 heterocycles. The molecule has 0 N–H and O–H groups in total. The first kappa shape index (κ1) is 14.7. The second-order valence-electron chi connectivity index (χ2n) is 6.27. The lowest BCUT2D eigenvalue weighted by Crippen LogP contribution is -2.31. The Morgan fingerprint density at radius 2 is 1.88 bits per heavy atom. The number of carbonyl (C=O) groups excluding carboxylic acids is 1. The van der Waals surface area contributed by atoms with Crippen LogP contribution in [0, 0.1) is 6.92 Å². The second kappa shape index (κ2) is 5.34. The van der Waals surface area contributed by atoms with Gasteiger partial charge in [-0.3, -0.25) is 9.59 Å². The summed E-state index contributed by atoms with van der Waals surface area (Å²) >= 11 is 0. The van der Waals surface area contributed by atoms with Gasteiger partial charge in [0.05, 0.1) is 17.5 Å². The summed E-state index contributed by atoms with van der Waals surface area (Å²) in [6, 6.07) is 15.5. The van der Waals surface area contributed by atoms with Crippen molar-refractivity contribution in [3.8, 4) is 5.75 Å². The SMILES string of the molecule is Cc1cccc([C@@H]2CC(=O)Oc3c2c(=O)n(C)c2ccccc32)c1. The van der Waals surface area contributed by atoms with Crippen molar-refractivity contribution in [1.82, 2.24) is 4.57 Å². The standard InChI is InChI=1S/C20H17NO3/c1-12-6-5-7-13(10-12)15-11-17(22)24-19-14-8-3-4-9-16(14)21(2)20(23)18(15)19/h3-10,15H,11H2,1-2H3/t15-/m0/s1. The summed E-state index contributed by atoms with van der Waals surface area (Å²) in [7, 11) is 1.76. The van der Waals surface area contributed by atoms with Crippen LogP contribution in [-0.4, -0.2) is 10.5 Å². The Balaban J connectivity index is 2.07. The summed E-state index contributed by atoms with van der Waals surface area (Å²) in [5, 5.41) is 0.792. The molecule has 4 rings (SSSR count). The molecule has 0 aliphatic carbocycles. The Hall–Kier alpha value is -2.88. The van der Waals surface area contributed by atoms with Gasteiger partial charge in [0.1, 0.15) is 5.75 Å². The first-order valence-corrected chi connectivity index (χ1v) is 7.95. The minimum Gasteiger partial charge on any atom is -0.425 e. The zero-order valence-corrected chi connectivity index (χ0v) is 13.6. The van der Waals surface area contributed by atoms with E-state index < -0.39 is 0 Å². The van der Waals surface area contributed by atoms with E-state index in [1.165, 1.54) is 0 Å². The number of aryl methyl sites for hydroxylation is 2. The van der Waals surface area contributed by atoms with Crippen LogP contribution in [0.3, 0.4) is 0 Å². The van der Waals surface area contributed by atoms with Crippen molar-refractivity contribution in [3.63, 3.8) is 0 Å². The molecule has 0 bridgehead atoms. The third kappa shape index (κ3) is 2.14. The molecule has 1 atom stereocenters. The molecule has 0 amide bonds. The fraction of sp³-hybridized carbons (Fsp3) is 0.200. The van der Waals surface area contributed by atoms with Crippen LogP contribution in [0.25, 0.3) is 10.9 Å². The van der Waals surface area contributed by atoms with Crippen molar-refractivity contribution in [2.75, 3.05) is 0 Å². The third-order valence-corrected chi connectivity index (χ3v) is 4.67. The molecule has 3 aromatic rings. The van der Waals surface area contributed by atoms with Gasteiger partial charge < -0.3 is 9.30 Å². The van der Waals surface area contributed by atoms with E-state index in [1.54, 1.807) is 11.6 Å². The highest BCUT2D eigenvalue weighted by Crippen LogP contribution is 2.40. The highest BCUT2D eigenvalue weighted by Gasteiger charge is 2.33. The Labute approximate surface area is 139 Å². The van der Waals surface area contributed by atoms with Crippen molar-refractivity contribution < 1.29 is 9.53 Å². The first-order chi connectivity index (χ1) is 11.6. The predicted molar refractivity (Wildman–Crippen MR) is 92.5 cm³/mol. The first-order valence-electron chi connectivity index (χ1n) is 7.95. The smallest absolute Gasteiger partial charge is 0.312 e. The molecular formula is C20H17NO3. The number of benzene rings is 2. The van der Waals surface area contributed by atoms with Gasteiger partial charge in [-0.15, -0.1) is 0 Å². The molecule has 2 aromatic carbocycles. The maximum Gasteiger partial charge on any atom is 0.312 e. The van der Waals surface area contributed by atoms with E-state index >= 15 is 0 Å². The number of pyridine rings is 1. The number of aromatic nitrogens is 1. The average Bonchev–Trinajstić information content (AvgIpc) is 2.59. The zero-order chi connectivity index (χ0) is 16.8. The quantitative estimate of drug-likeness (QED) is 0.647. The number of esters is 1. The molecule has 120 valence electrons. The van der Waals surface area contributed by atoms with Gasteiger partial charge in [-0.2, -0.15) is 0 Å². The van der Waals surface area contributed by atoms with E-state index in [2.05, 4.69) is 0 Å². The second-order valence-corrected chi connectivity index (χ2v) is 6.27. The molecule has 0 radical (unpaired) electrons. The van der Waals surface area contributed by atoms with Crippen LogP contribution in [0.1, 0.15) is 29.0 Å². The maximum atomic E-state index is 13.0. The lowest BCUT2D eigenvalue weighted by Gasteiger charge is -2.26. The fourth-order valence-corrected chi connectivity index (χ4v) is 3.50. The molecule has 0 fully saturated rings. The summed E-state index contributed by atoms with van der Waals surface area (Å²) in [4.78, 5) is 25.2. The van der Waals surface area contributed by atoms with Crippen LogP contribution in [-0.2, 0) is 11.8 Å². The van der Waals surface area contributed by atoms with Crippen molar-refractivity contribution >= 4 is 16.9 Å². The van der Waals surface area contributed by atoms with Crippen LogP contribution < -0.4 is 10.3 Å². The number of hydrogen-bond donors (Lipinski definition) is 0. The van der Waals surface area contributed by atoms with Gasteiger partial charge in [-0.05, 0) is 24.6 Å². The number of hydrogen-bond acceptors (Lipinski definition) is 3. The summed E-state index contributed by atoms with van der Waals surface area (Å²) in [5.41, 5.74) is 3.30. The number of ether oxygens (including phenoxy) is 1. The normalized spacial score (nSPS) is 16.8. The third-order valence-electron chi connectivity index (χ3n) is 4.67. The minimum absolute atomic E-state index is 0.109. The van der Waals surface area contributed by atoms with E-state index in [-0.39, 0.29) is 23.9 Å². The molecule has 4 nitrogen and oxygen atoms in total. The Kier molecular flexibility index (Phi) is 3.27. The van der Waals surface area contributed by atoms with Gasteiger partial charge in [0.15, 0.2) is 0 Å². The van der Waals surface area contributed by atoms with Gasteiger partial charge in [-0.25, -0.2) is 0 Å². The molecular weight excluding hydrogens is 302 g/mol. The van der Waals surface area contributed by atoms with Crippen LogP contribution >= 0.6 is 0 Å². The van der Waals surface area contributed by atoms with Crippen molar-refractivity contribution in [3.05, 3.63) is 75.6 Å². The van der Waals surface area contributed by atoms with Gasteiger partial charge in [0.25, 0.3) is 5.56 Å². The maximum absolute atomic E-state index is 13.0. The highest BCUT2D eigenvalue weighted by molar-refractivity contribution is 5.91. The predicted octanol–water partition coefficient (Wildman–Crippen LogP) is 3.29. The molecule has 0 saturated carbocycles. The van der Waals surface area contributed by atoms with Gasteiger partial charge >= 0.3 is 5.97 Å². The Bertz CT molecular complexity index is 1030. The van der Waals surface area contributed by atoms with Crippen molar-refractivity contribution in [2.45, 2.75) is 19.3 Å². The van der Waals surface area contributed by atoms with Crippen molar-refractivity contribution in [1.29, 1.82) is 0 Å². The molecule has 4 heteroatoms. The fourth-order valence-electron chi connectivity index (χ4n) is 3.50. The topological polar surface area (TPSA) is 48.3 Å². The van der Waals surface area contributed by atoms with Crippen LogP contribution in [0.15, 0.2) is 53.3 Å². The molecule has 1 aromatic heterocycles. The molecule has 1 aliphatic heterocycles.